The van der Waals surface area contributed by atoms with E-state index in [9.17, 15) is 4.79 Å². The van der Waals surface area contributed by atoms with Gasteiger partial charge in [-0.3, -0.25) is 9.48 Å². The van der Waals surface area contributed by atoms with Crippen LogP contribution in [-0.2, 0) is 24.7 Å². The van der Waals surface area contributed by atoms with Crippen molar-refractivity contribution < 1.29 is 4.79 Å². The third kappa shape index (κ3) is 3.01. The monoisotopic (exact) mass is 358 g/mol. The van der Waals surface area contributed by atoms with Gasteiger partial charge in [-0.25, -0.2) is 4.98 Å². The SMILES string of the molecule is Cn1ncc2c1CCC[C@H]2NC(=O)Cc1csc(-c2ccsc2)n1. The number of thiophene rings is 1. The van der Waals surface area contributed by atoms with E-state index in [2.05, 4.69) is 26.8 Å². The van der Waals surface area contributed by atoms with E-state index in [1.165, 1.54) is 5.69 Å². The van der Waals surface area contributed by atoms with Gasteiger partial charge in [-0.15, -0.1) is 11.3 Å². The van der Waals surface area contributed by atoms with Crippen molar-refractivity contribution in [3.63, 3.8) is 0 Å². The van der Waals surface area contributed by atoms with Crippen molar-refractivity contribution in [1.82, 2.24) is 20.1 Å². The molecule has 1 aliphatic rings. The summed E-state index contributed by atoms with van der Waals surface area (Å²) in [5.74, 6) is 0.0267. The molecule has 1 atom stereocenters. The third-order valence-corrected chi connectivity index (χ3v) is 6.00. The number of hydrogen-bond acceptors (Lipinski definition) is 5. The molecule has 0 spiro atoms. The predicted molar refractivity (Wildman–Crippen MR) is 96.2 cm³/mol. The Morgan fingerprint density at radius 1 is 1.46 bits per heavy atom. The number of nitrogens with one attached hydrogen (secondary N) is 1. The van der Waals surface area contributed by atoms with Crippen LogP contribution in [0.2, 0.25) is 0 Å². The van der Waals surface area contributed by atoms with Gasteiger partial charge in [0.25, 0.3) is 0 Å². The van der Waals surface area contributed by atoms with E-state index >= 15 is 0 Å². The second-order valence-corrected chi connectivity index (χ2v) is 7.65. The molecule has 0 saturated heterocycles. The number of amides is 1. The molecule has 7 heteroatoms. The summed E-state index contributed by atoms with van der Waals surface area (Å²) >= 11 is 3.25. The number of thiazole rings is 1. The van der Waals surface area contributed by atoms with Gasteiger partial charge in [0.15, 0.2) is 0 Å². The lowest BCUT2D eigenvalue weighted by Gasteiger charge is -2.23. The summed E-state index contributed by atoms with van der Waals surface area (Å²) in [7, 11) is 1.96. The summed E-state index contributed by atoms with van der Waals surface area (Å²) in [6.07, 6.45) is 5.30. The second kappa shape index (κ2) is 6.49. The fraction of sp³-hybridized carbons (Fsp3) is 0.353. The number of aryl methyl sites for hydroxylation is 1. The number of hydrogen-bond donors (Lipinski definition) is 1. The lowest BCUT2D eigenvalue weighted by atomic mass is 9.93. The molecule has 3 aromatic rings. The first-order chi connectivity index (χ1) is 11.7. The van der Waals surface area contributed by atoms with Crippen molar-refractivity contribution in [3.05, 3.63) is 45.4 Å². The van der Waals surface area contributed by atoms with Crippen LogP contribution in [0.3, 0.4) is 0 Å². The van der Waals surface area contributed by atoms with Gasteiger partial charge in [0.1, 0.15) is 5.01 Å². The zero-order valence-corrected chi connectivity index (χ0v) is 15.0. The maximum absolute atomic E-state index is 12.4. The van der Waals surface area contributed by atoms with Crippen LogP contribution in [0, 0.1) is 0 Å². The van der Waals surface area contributed by atoms with Crippen LogP contribution in [-0.4, -0.2) is 20.7 Å². The number of fused-ring (bicyclic) bond motifs is 1. The Hall–Kier alpha value is -1.99. The van der Waals surface area contributed by atoms with Crippen molar-refractivity contribution >= 4 is 28.6 Å². The molecule has 5 nitrogen and oxygen atoms in total. The lowest BCUT2D eigenvalue weighted by Crippen LogP contribution is -2.32. The van der Waals surface area contributed by atoms with E-state index in [-0.39, 0.29) is 11.9 Å². The highest BCUT2D eigenvalue weighted by Gasteiger charge is 2.24. The molecule has 24 heavy (non-hydrogen) atoms. The molecule has 1 amide bonds. The highest BCUT2D eigenvalue weighted by molar-refractivity contribution is 7.14. The molecular weight excluding hydrogens is 340 g/mol. The van der Waals surface area contributed by atoms with Crippen molar-refractivity contribution in [1.29, 1.82) is 0 Å². The van der Waals surface area contributed by atoms with Gasteiger partial charge in [0.05, 0.1) is 24.4 Å². The van der Waals surface area contributed by atoms with E-state index in [0.717, 1.165) is 41.1 Å². The minimum Gasteiger partial charge on any atom is -0.349 e. The highest BCUT2D eigenvalue weighted by Crippen LogP contribution is 2.29. The van der Waals surface area contributed by atoms with Gasteiger partial charge in [0, 0.05) is 34.6 Å². The van der Waals surface area contributed by atoms with E-state index in [1.807, 2.05) is 28.7 Å². The highest BCUT2D eigenvalue weighted by atomic mass is 32.1. The minimum absolute atomic E-state index is 0.0267. The summed E-state index contributed by atoms with van der Waals surface area (Å²) in [5, 5.41) is 14.6. The van der Waals surface area contributed by atoms with Crippen molar-refractivity contribution in [2.24, 2.45) is 7.05 Å². The van der Waals surface area contributed by atoms with E-state index in [1.54, 1.807) is 22.7 Å². The molecule has 0 unspecified atom stereocenters. The molecule has 0 bridgehead atoms. The maximum Gasteiger partial charge on any atom is 0.226 e. The molecule has 3 aromatic heterocycles. The van der Waals surface area contributed by atoms with Crippen LogP contribution in [0.4, 0.5) is 0 Å². The number of aromatic nitrogens is 3. The van der Waals surface area contributed by atoms with Crippen LogP contribution in [0.15, 0.2) is 28.4 Å². The Morgan fingerprint density at radius 2 is 2.38 bits per heavy atom. The topological polar surface area (TPSA) is 59.8 Å². The molecule has 3 heterocycles. The van der Waals surface area contributed by atoms with Gasteiger partial charge >= 0.3 is 0 Å². The van der Waals surface area contributed by atoms with E-state index < -0.39 is 0 Å². The summed E-state index contributed by atoms with van der Waals surface area (Å²) in [6.45, 7) is 0. The Balaban J connectivity index is 1.43. The molecule has 0 radical (unpaired) electrons. The molecule has 1 aliphatic carbocycles. The van der Waals surface area contributed by atoms with Crippen LogP contribution < -0.4 is 5.32 Å². The second-order valence-electron chi connectivity index (χ2n) is 6.02. The van der Waals surface area contributed by atoms with Gasteiger partial charge < -0.3 is 5.32 Å². The Labute approximate surface area is 148 Å². The first kappa shape index (κ1) is 15.5. The minimum atomic E-state index is 0.0267. The molecule has 1 N–H and O–H groups in total. The average molecular weight is 358 g/mol. The number of rotatable bonds is 4. The van der Waals surface area contributed by atoms with Crippen molar-refractivity contribution in [3.8, 4) is 10.6 Å². The normalized spacial score (nSPS) is 16.8. The predicted octanol–water partition coefficient (Wildman–Crippen LogP) is 3.34. The van der Waals surface area contributed by atoms with Crippen LogP contribution in [0.1, 0.15) is 35.8 Å². The Morgan fingerprint density at radius 3 is 3.21 bits per heavy atom. The van der Waals surface area contributed by atoms with Crippen LogP contribution in [0.5, 0.6) is 0 Å². The Bertz CT molecular complexity index is 850. The Kier molecular flexibility index (Phi) is 4.20. The van der Waals surface area contributed by atoms with Gasteiger partial charge in [0.2, 0.25) is 5.91 Å². The number of carbonyl (C=O) groups is 1. The summed E-state index contributed by atoms with van der Waals surface area (Å²) in [5.41, 5.74) is 4.36. The van der Waals surface area contributed by atoms with Gasteiger partial charge in [-0.05, 0) is 30.7 Å². The summed E-state index contributed by atoms with van der Waals surface area (Å²) < 4.78 is 1.92. The zero-order chi connectivity index (χ0) is 16.5. The van der Waals surface area contributed by atoms with Gasteiger partial charge in [-0.2, -0.15) is 16.4 Å². The molecule has 0 aromatic carbocycles. The molecular formula is C17H18N4OS2. The summed E-state index contributed by atoms with van der Waals surface area (Å²) in [4.78, 5) is 17.0. The third-order valence-electron chi connectivity index (χ3n) is 4.37. The first-order valence-electron chi connectivity index (χ1n) is 7.98. The van der Waals surface area contributed by atoms with Crippen molar-refractivity contribution in [2.45, 2.75) is 31.7 Å². The quantitative estimate of drug-likeness (QED) is 0.778. The lowest BCUT2D eigenvalue weighted by molar-refractivity contribution is -0.121. The molecule has 0 aliphatic heterocycles. The first-order valence-corrected chi connectivity index (χ1v) is 9.80. The molecule has 4 rings (SSSR count). The van der Waals surface area contributed by atoms with E-state index in [4.69, 9.17) is 0 Å². The van der Waals surface area contributed by atoms with E-state index in [0.29, 0.717) is 6.42 Å². The summed E-state index contributed by atoms with van der Waals surface area (Å²) in [6, 6.07) is 2.13. The molecule has 0 fully saturated rings. The van der Waals surface area contributed by atoms with Crippen molar-refractivity contribution in [2.75, 3.05) is 0 Å². The van der Waals surface area contributed by atoms with Crippen LogP contribution in [0.25, 0.3) is 10.6 Å². The fourth-order valence-corrected chi connectivity index (χ4v) is 4.70. The number of carbonyl (C=O) groups excluding carboxylic acids is 1. The standard InChI is InChI=1S/C17H18N4OS2/c1-21-15-4-2-3-14(13(15)8-18-21)20-16(22)7-12-10-24-17(19-12)11-5-6-23-9-11/h5-6,8-10,14H,2-4,7H2,1H3,(H,20,22)/t14-/m1/s1. The zero-order valence-electron chi connectivity index (χ0n) is 13.4. The maximum atomic E-state index is 12.4. The van der Waals surface area contributed by atoms with Gasteiger partial charge in [-0.1, -0.05) is 0 Å². The number of nitrogens with zero attached hydrogens (tertiary/aromatic N) is 3. The average Bonchev–Trinajstić information content (AvgIpc) is 3.29. The molecule has 124 valence electrons. The molecule has 0 saturated carbocycles. The van der Waals surface area contributed by atoms with Crippen LogP contribution >= 0.6 is 22.7 Å². The smallest absolute Gasteiger partial charge is 0.226 e. The fourth-order valence-electron chi connectivity index (χ4n) is 3.17. The largest absolute Gasteiger partial charge is 0.349 e.